The average molecular weight is 306 g/mol. The predicted molar refractivity (Wildman–Crippen MR) is 82.9 cm³/mol. The molecule has 2 aromatic rings. The lowest BCUT2D eigenvalue weighted by Crippen LogP contribution is -2.13. The minimum absolute atomic E-state index is 0.332. The summed E-state index contributed by atoms with van der Waals surface area (Å²) in [5.41, 5.74) is 1.64. The van der Waals surface area contributed by atoms with Crippen LogP contribution in [0.4, 0.5) is 10.5 Å². The quantitative estimate of drug-likeness (QED) is 0.885. The Balaban J connectivity index is 1.94. The largest absolute Gasteiger partial charge is 0.489 e. The first-order valence-corrected chi connectivity index (χ1v) is 6.96. The third-order valence-electron chi connectivity index (χ3n) is 2.67. The monoisotopic (exact) mass is 305 g/mol. The highest BCUT2D eigenvalue weighted by molar-refractivity contribution is 6.30. The van der Waals surface area contributed by atoms with Gasteiger partial charge in [-0.15, -0.1) is 0 Å². The molecule has 0 spiro atoms. The van der Waals surface area contributed by atoms with E-state index in [0.717, 1.165) is 5.56 Å². The molecule has 0 aliphatic heterocycles. The number of hydrogen-bond donors (Lipinski definition) is 1. The van der Waals surface area contributed by atoms with Crippen molar-refractivity contribution in [1.29, 1.82) is 0 Å². The molecular weight excluding hydrogens is 290 g/mol. The SMILES string of the molecule is CCOC(=O)Nc1cccc(OCc2ccc(Cl)cc2)c1. The smallest absolute Gasteiger partial charge is 0.411 e. The minimum atomic E-state index is -0.479. The number of nitrogens with one attached hydrogen (secondary N) is 1. The first kappa shape index (κ1) is 15.2. The zero-order valence-electron chi connectivity index (χ0n) is 11.6. The molecule has 0 aromatic heterocycles. The molecule has 2 rings (SSSR count). The number of anilines is 1. The molecule has 0 atom stereocenters. The van der Waals surface area contributed by atoms with Gasteiger partial charge in [-0.3, -0.25) is 5.32 Å². The highest BCUT2D eigenvalue weighted by Gasteiger charge is 2.03. The van der Waals surface area contributed by atoms with Gasteiger partial charge in [0.05, 0.1) is 6.61 Å². The number of carbonyl (C=O) groups is 1. The Kier molecular flexibility index (Phi) is 5.46. The standard InChI is InChI=1S/C16H16ClNO3/c1-2-20-16(19)18-14-4-3-5-15(10-14)21-11-12-6-8-13(17)9-7-12/h3-10H,2,11H2,1H3,(H,18,19). The molecule has 2 aromatic carbocycles. The lowest BCUT2D eigenvalue weighted by Gasteiger charge is -2.09. The van der Waals surface area contributed by atoms with Crippen molar-refractivity contribution in [3.8, 4) is 5.75 Å². The van der Waals surface area contributed by atoms with E-state index in [1.165, 1.54) is 0 Å². The van der Waals surface area contributed by atoms with Crippen LogP contribution < -0.4 is 10.1 Å². The minimum Gasteiger partial charge on any atom is -0.489 e. The van der Waals surface area contributed by atoms with Crippen molar-refractivity contribution in [2.75, 3.05) is 11.9 Å². The van der Waals surface area contributed by atoms with Gasteiger partial charge in [-0.1, -0.05) is 29.8 Å². The molecule has 0 saturated heterocycles. The molecule has 0 fully saturated rings. The molecule has 0 saturated carbocycles. The van der Waals surface area contributed by atoms with Gasteiger partial charge in [0.1, 0.15) is 12.4 Å². The topological polar surface area (TPSA) is 47.6 Å². The maximum atomic E-state index is 11.3. The van der Waals surface area contributed by atoms with Crippen molar-refractivity contribution >= 4 is 23.4 Å². The first-order chi connectivity index (χ1) is 10.2. The van der Waals surface area contributed by atoms with Crippen LogP contribution in [-0.4, -0.2) is 12.7 Å². The maximum absolute atomic E-state index is 11.3. The molecule has 5 heteroatoms. The van der Waals surface area contributed by atoms with Gasteiger partial charge >= 0.3 is 6.09 Å². The summed E-state index contributed by atoms with van der Waals surface area (Å²) in [6.45, 7) is 2.52. The summed E-state index contributed by atoms with van der Waals surface area (Å²) in [6.07, 6.45) is -0.479. The molecule has 0 radical (unpaired) electrons. The summed E-state index contributed by atoms with van der Waals surface area (Å²) in [4.78, 5) is 11.3. The fourth-order valence-corrected chi connectivity index (χ4v) is 1.82. The van der Waals surface area contributed by atoms with Gasteiger partial charge in [0, 0.05) is 16.8 Å². The van der Waals surface area contributed by atoms with Gasteiger partial charge in [-0.25, -0.2) is 4.79 Å². The van der Waals surface area contributed by atoms with E-state index in [1.54, 1.807) is 25.1 Å². The van der Waals surface area contributed by atoms with Gasteiger partial charge < -0.3 is 9.47 Å². The third kappa shape index (κ3) is 5.00. The number of ether oxygens (including phenoxy) is 2. The number of amides is 1. The summed E-state index contributed by atoms with van der Waals surface area (Å²) in [5, 5.41) is 3.32. The lowest BCUT2D eigenvalue weighted by molar-refractivity contribution is 0.168. The van der Waals surface area contributed by atoms with Crippen LogP contribution >= 0.6 is 11.6 Å². The number of hydrogen-bond acceptors (Lipinski definition) is 3. The molecule has 0 aliphatic rings. The number of carbonyl (C=O) groups excluding carboxylic acids is 1. The van der Waals surface area contributed by atoms with Crippen molar-refractivity contribution in [3.05, 3.63) is 59.1 Å². The molecular formula is C16H16ClNO3. The van der Waals surface area contributed by atoms with E-state index in [1.807, 2.05) is 30.3 Å². The van der Waals surface area contributed by atoms with Crippen LogP contribution in [0.25, 0.3) is 0 Å². The van der Waals surface area contributed by atoms with E-state index in [2.05, 4.69) is 5.32 Å². The van der Waals surface area contributed by atoms with Gasteiger partial charge in [0.2, 0.25) is 0 Å². The molecule has 0 bridgehead atoms. The highest BCUT2D eigenvalue weighted by atomic mass is 35.5. The Morgan fingerprint density at radius 1 is 1.19 bits per heavy atom. The molecule has 21 heavy (non-hydrogen) atoms. The van der Waals surface area contributed by atoms with E-state index in [0.29, 0.717) is 29.7 Å². The van der Waals surface area contributed by atoms with Gasteiger partial charge in [0.25, 0.3) is 0 Å². The summed E-state index contributed by atoms with van der Waals surface area (Å²) in [6, 6.07) is 14.6. The molecule has 110 valence electrons. The number of benzene rings is 2. The molecule has 0 unspecified atom stereocenters. The van der Waals surface area contributed by atoms with Gasteiger partial charge in [-0.05, 0) is 36.8 Å². The van der Waals surface area contributed by atoms with Gasteiger partial charge in [-0.2, -0.15) is 0 Å². The third-order valence-corrected chi connectivity index (χ3v) is 2.93. The first-order valence-electron chi connectivity index (χ1n) is 6.58. The average Bonchev–Trinajstić information content (AvgIpc) is 2.47. The maximum Gasteiger partial charge on any atom is 0.411 e. The van der Waals surface area contributed by atoms with Crippen LogP contribution in [0.2, 0.25) is 5.02 Å². The molecule has 4 nitrogen and oxygen atoms in total. The predicted octanol–water partition coefficient (Wildman–Crippen LogP) is 4.49. The van der Waals surface area contributed by atoms with E-state index in [-0.39, 0.29) is 0 Å². The van der Waals surface area contributed by atoms with E-state index in [9.17, 15) is 4.79 Å². The van der Waals surface area contributed by atoms with Crippen molar-refractivity contribution in [2.45, 2.75) is 13.5 Å². The molecule has 0 aliphatic carbocycles. The second-order valence-electron chi connectivity index (χ2n) is 4.29. The fourth-order valence-electron chi connectivity index (χ4n) is 1.70. The van der Waals surface area contributed by atoms with Crippen molar-refractivity contribution < 1.29 is 14.3 Å². The van der Waals surface area contributed by atoms with E-state index >= 15 is 0 Å². The summed E-state index contributed by atoms with van der Waals surface area (Å²) in [7, 11) is 0. The Hall–Kier alpha value is -2.20. The van der Waals surface area contributed by atoms with Crippen LogP contribution in [0.1, 0.15) is 12.5 Å². The normalized spacial score (nSPS) is 10.0. The van der Waals surface area contributed by atoms with Crippen LogP contribution in [-0.2, 0) is 11.3 Å². The lowest BCUT2D eigenvalue weighted by atomic mass is 10.2. The second kappa shape index (κ2) is 7.55. The highest BCUT2D eigenvalue weighted by Crippen LogP contribution is 2.19. The van der Waals surface area contributed by atoms with E-state index < -0.39 is 6.09 Å². The Bertz CT molecular complexity index is 599. The van der Waals surface area contributed by atoms with Crippen LogP contribution in [0, 0.1) is 0 Å². The van der Waals surface area contributed by atoms with Crippen LogP contribution in [0.15, 0.2) is 48.5 Å². The van der Waals surface area contributed by atoms with Crippen LogP contribution in [0.5, 0.6) is 5.75 Å². The Labute approximate surface area is 128 Å². The Morgan fingerprint density at radius 2 is 1.95 bits per heavy atom. The number of rotatable bonds is 5. The molecule has 0 heterocycles. The van der Waals surface area contributed by atoms with E-state index in [4.69, 9.17) is 21.1 Å². The van der Waals surface area contributed by atoms with Crippen molar-refractivity contribution in [1.82, 2.24) is 0 Å². The summed E-state index contributed by atoms with van der Waals surface area (Å²) in [5.74, 6) is 0.666. The molecule has 1 amide bonds. The van der Waals surface area contributed by atoms with Gasteiger partial charge in [0.15, 0.2) is 0 Å². The van der Waals surface area contributed by atoms with Crippen LogP contribution in [0.3, 0.4) is 0 Å². The number of halogens is 1. The second-order valence-corrected chi connectivity index (χ2v) is 4.72. The molecule has 1 N–H and O–H groups in total. The zero-order valence-corrected chi connectivity index (χ0v) is 12.4. The van der Waals surface area contributed by atoms with Crippen molar-refractivity contribution in [2.24, 2.45) is 0 Å². The fraction of sp³-hybridized carbons (Fsp3) is 0.188. The Morgan fingerprint density at radius 3 is 2.67 bits per heavy atom. The zero-order chi connectivity index (χ0) is 15.1. The summed E-state index contributed by atoms with van der Waals surface area (Å²) < 4.78 is 10.5. The van der Waals surface area contributed by atoms with Crippen molar-refractivity contribution in [3.63, 3.8) is 0 Å². The summed E-state index contributed by atoms with van der Waals surface area (Å²) >= 11 is 5.83.